The first-order valence-electron chi connectivity index (χ1n) is 10.8. The highest BCUT2D eigenvalue weighted by atomic mass is 16.5. The molecule has 2 aliphatic rings. The SMILES string of the molecule is Cc1c(-c2ccc3cnc(Nc4ccc5c(c4)COCC5)nc3c2)cnc2c1NCCO2. The summed E-state index contributed by atoms with van der Waals surface area (Å²) in [5.41, 5.74) is 8.62. The summed E-state index contributed by atoms with van der Waals surface area (Å²) in [5.74, 6) is 1.24. The lowest BCUT2D eigenvalue weighted by atomic mass is 10.00. The first kappa shape index (κ1) is 19.0. The van der Waals surface area contributed by atoms with Gasteiger partial charge in [-0.1, -0.05) is 18.2 Å². The van der Waals surface area contributed by atoms with E-state index in [0.29, 0.717) is 25.0 Å². The molecule has 2 aromatic heterocycles. The van der Waals surface area contributed by atoms with Crippen LogP contribution in [0.4, 0.5) is 17.3 Å². The lowest BCUT2D eigenvalue weighted by Crippen LogP contribution is -2.20. The lowest BCUT2D eigenvalue weighted by Gasteiger charge is -2.21. The van der Waals surface area contributed by atoms with Crippen molar-refractivity contribution in [3.8, 4) is 17.0 Å². The van der Waals surface area contributed by atoms with E-state index in [9.17, 15) is 0 Å². The second-order valence-corrected chi connectivity index (χ2v) is 8.13. The number of anilines is 3. The molecular formula is C25H23N5O2. The van der Waals surface area contributed by atoms with Crippen molar-refractivity contribution in [1.29, 1.82) is 0 Å². The van der Waals surface area contributed by atoms with Crippen LogP contribution in [0.25, 0.3) is 22.0 Å². The molecule has 0 fully saturated rings. The van der Waals surface area contributed by atoms with Crippen LogP contribution in [0.3, 0.4) is 0 Å². The average molecular weight is 425 g/mol. The zero-order chi connectivity index (χ0) is 21.5. The first-order chi connectivity index (χ1) is 15.7. The normalized spacial score (nSPS) is 14.8. The molecule has 2 aliphatic heterocycles. The van der Waals surface area contributed by atoms with Crippen LogP contribution < -0.4 is 15.4 Å². The fraction of sp³-hybridized carbons (Fsp3) is 0.240. The van der Waals surface area contributed by atoms with E-state index in [0.717, 1.165) is 58.5 Å². The molecule has 0 aliphatic carbocycles. The van der Waals surface area contributed by atoms with Crippen molar-refractivity contribution in [2.45, 2.75) is 20.0 Å². The Bertz CT molecular complexity index is 1340. The fourth-order valence-corrected chi connectivity index (χ4v) is 4.34. The number of aromatic nitrogens is 3. The Labute approximate surface area is 185 Å². The third kappa shape index (κ3) is 3.40. The van der Waals surface area contributed by atoms with Gasteiger partial charge in [-0.2, -0.15) is 0 Å². The number of nitrogens with one attached hydrogen (secondary N) is 2. The van der Waals surface area contributed by atoms with Crippen molar-refractivity contribution in [2.75, 3.05) is 30.4 Å². The largest absolute Gasteiger partial charge is 0.474 e. The summed E-state index contributed by atoms with van der Waals surface area (Å²) in [7, 11) is 0. The highest BCUT2D eigenvalue weighted by molar-refractivity contribution is 5.86. The molecule has 0 saturated heterocycles. The summed E-state index contributed by atoms with van der Waals surface area (Å²) >= 11 is 0. The number of nitrogens with zero attached hydrogens (tertiary/aromatic N) is 3. The molecule has 0 spiro atoms. The quantitative estimate of drug-likeness (QED) is 0.496. The molecule has 32 heavy (non-hydrogen) atoms. The topological polar surface area (TPSA) is 81.2 Å². The van der Waals surface area contributed by atoms with E-state index < -0.39 is 0 Å². The summed E-state index contributed by atoms with van der Waals surface area (Å²) in [5, 5.41) is 7.73. The minimum atomic E-state index is 0.571. The predicted octanol–water partition coefficient (Wildman–Crippen LogP) is 4.62. The fourth-order valence-electron chi connectivity index (χ4n) is 4.34. The molecule has 0 unspecified atom stereocenters. The van der Waals surface area contributed by atoms with Crippen LogP contribution in [0, 0.1) is 6.92 Å². The highest BCUT2D eigenvalue weighted by Crippen LogP contribution is 2.36. The monoisotopic (exact) mass is 425 g/mol. The van der Waals surface area contributed by atoms with Gasteiger partial charge in [-0.05, 0) is 53.8 Å². The minimum absolute atomic E-state index is 0.571. The van der Waals surface area contributed by atoms with Gasteiger partial charge in [-0.15, -0.1) is 0 Å². The smallest absolute Gasteiger partial charge is 0.237 e. The minimum Gasteiger partial charge on any atom is -0.474 e. The molecule has 2 aromatic carbocycles. The average Bonchev–Trinajstić information content (AvgIpc) is 2.84. The molecule has 7 heteroatoms. The van der Waals surface area contributed by atoms with Crippen molar-refractivity contribution in [3.63, 3.8) is 0 Å². The Hall–Kier alpha value is -3.71. The van der Waals surface area contributed by atoms with Crippen molar-refractivity contribution in [3.05, 3.63) is 65.5 Å². The maximum Gasteiger partial charge on any atom is 0.237 e. The third-order valence-corrected chi connectivity index (χ3v) is 6.08. The number of rotatable bonds is 3. The van der Waals surface area contributed by atoms with Gasteiger partial charge in [-0.25, -0.2) is 15.0 Å². The van der Waals surface area contributed by atoms with Crippen molar-refractivity contribution < 1.29 is 9.47 Å². The third-order valence-electron chi connectivity index (χ3n) is 6.08. The van der Waals surface area contributed by atoms with Gasteiger partial charge in [0.15, 0.2) is 0 Å². The summed E-state index contributed by atoms with van der Waals surface area (Å²) in [6.45, 7) is 4.96. The number of pyridine rings is 1. The van der Waals surface area contributed by atoms with Gasteiger partial charge in [-0.3, -0.25) is 0 Å². The summed E-state index contributed by atoms with van der Waals surface area (Å²) < 4.78 is 11.2. The van der Waals surface area contributed by atoms with Gasteiger partial charge in [0, 0.05) is 35.6 Å². The Morgan fingerprint density at radius 1 is 1.00 bits per heavy atom. The predicted molar refractivity (Wildman–Crippen MR) is 125 cm³/mol. The zero-order valence-corrected chi connectivity index (χ0v) is 17.8. The van der Waals surface area contributed by atoms with E-state index in [1.807, 2.05) is 18.5 Å². The standard InChI is InChI=1S/C25H23N5O2/c1-15-21(13-27-24-23(15)26-7-9-32-24)17-2-3-18-12-28-25(30-22(18)11-17)29-20-5-4-16-6-8-31-14-19(16)10-20/h2-5,10-13,26H,6-9,14H2,1H3,(H,28,29,30). The van der Waals surface area contributed by atoms with E-state index in [-0.39, 0.29) is 0 Å². The Balaban J connectivity index is 1.33. The summed E-state index contributed by atoms with van der Waals surface area (Å²) in [4.78, 5) is 13.8. The molecule has 0 bridgehead atoms. The van der Waals surface area contributed by atoms with Crippen molar-refractivity contribution in [1.82, 2.24) is 15.0 Å². The molecule has 2 N–H and O–H groups in total. The van der Waals surface area contributed by atoms with Crippen LogP contribution in [0.5, 0.6) is 5.88 Å². The van der Waals surface area contributed by atoms with E-state index in [1.165, 1.54) is 11.1 Å². The molecule has 0 atom stereocenters. The second kappa shape index (κ2) is 7.76. The van der Waals surface area contributed by atoms with E-state index in [2.05, 4.69) is 57.9 Å². The molecule has 0 radical (unpaired) electrons. The van der Waals surface area contributed by atoms with Gasteiger partial charge in [0.05, 0.1) is 18.7 Å². The lowest BCUT2D eigenvalue weighted by molar-refractivity contribution is 0.111. The molecule has 7 nitrogen and oxygen atoms in total. The molecule has 0 saturated carbocycles. The van der Waals surface area contributed by atoms with Gasteiger partial charge in [0.1, 0.15) is 12.3 Å². The van der Waals surface area contributed by atoms with Gasteiger partial charge in [0.25, 0.3) is 0 Å². The first-order valence-corrected chi connectivity index (χ1v) is 10.8. The van der Waals surface area contributed by atoms with Gasteiger partial charge < -0.3 is 20.1 Å². The van der Waals surface area contributed by atoms with Crippen LogP contribution in [0.15, 0.2) is 48.8 Å². The molecular weight excluding hydrogens is 402 g/mol. The van der Waals surface area contributed by atoms with Gasteiger partial charge in [0.2, 0.25) is 11.8 Å². The molecule has 4 heterocycles. The van der Waals surface area contributed by atoms with Crippen LogP contribution in [0.2, 0.25) is 0 Å². The van der Waals surface area contributed by atoms with Crippen molar-refractivity contribution in [2.24, 2.45) is 0 Å². The zero-order valence-electron chi connectivity index (χ0n) is 17.8. The highest BCUT2D eigenvalue weighted by Gasteiger charge is 2.17. The number of hydrogen-bond acceptors (Lipinski definition) is 7. The van der Waals surface area contributed by atoms with E-state index in [4.69, 9.17) is 14.5 Å². The molecule has 160 valence electrons. The van der Waals surface area contributed by atoms with Crippen molar-refractivity contribution >= 4 is 28.2 Å². The van der Waals surface area contributed by atoms with Gasteiger partial charge >= 0.3 is 0 Å². The van der Waals surface area contributed by atoms with E-state index >= 15 is 0 Å². The van der Waals surface area contributed by atoms with Crippen LogP contribution in [-0.2, 0) is 17.8 Å². The maximum atomic E-state index is 5.66. The summed E-state index contributed by atoms with van der Waals surface area (Å²) in [6, 6.07) is 12.6. The Morgan fingerprint density at radius 2 is 1.97 bits per heavy atom. The molecule has 6 rings (SSSR count). The van der Waals surface area contributed by atoms with Crippen LogP contribution in [-0.4, -0.2) is 34.7 Å². The number of fused-ring (bicyclic) bond motifs is 3. The molecule has 4 aromatic rings. The number of hydrogen-bond donors (Lipinski definition) is 2. The van der Waals surface area contributed by atoms with E-state index in [1.54, 1.807) is 0 Å². The molecule has 0 amide bonds. The van der Waals surface area contributed by atoms with Crippen LogP contribution >= 0.6 is 0 Å². The Morgan fingerprint density at radius 3 is 2.94 bits per heavy atom. The second-order valence-electron chi connectivity index (χ2n) is 8.13. The summed E-state index contributed by atoms with van der Waals surface area (Å²) in [6.07, 6.45) is 4.69. The Kier molecular flexibility index (Phi) is 4.61. The maximum absolute atomic E-state index is 5.66. The van der Waals surface area contributed by atoms with Crippen LogP contribution in [0.1, 0.15) is 16.7 Å². The number of benzene rings is 2. The number of ether oxygens (including phenoxy) is 2.